The summed E-state index contributed by atoms with van der Waals surface area (Å²) in [7, 11) is 0. The summed E-state index contributed by atoms with van der Waals surface area (Å²) in [6.07, 6.45) is 2.08. The van der Waals surface area contributed by atoms with Crippen LogP contribution in [-0.4, -0.2) is 11.7 Å². The lowest BCUT2D eigenvalue weighted by atomic mass is 10.0. The molecule has 0 aromatic heterocycles. The Morgan fingerprint density at radius 3 is 2.73 bits per heavy atom. The fraction of sp³-hybridized carbons (Fsp3) is 0.333. The number of unbranched alkanes of at least 4 members (excludes halogenated alkanes) is 1. The Labute approximate surface area is 94.5 Å². The van der Waals surface area contributed by atoms with Crippen LogP contribution in [0.5, 0.6) is 0 Å². The number of ketones is 1. The van der Waals surface area contributed by atoms with Gasteiger partial charge in [-0.1, -0.05) is 18.2 Å². The molecule has 3 heteroatoms. The predicted octanol–water partition coefficient (Wildman–Crippen LogP) is 3.15. The topological polar surface area (TPSA) is 40.9 Å². The molecule has 0 radical (unpaired) electrons. The summed E-state index contributed by atoms with van der Waals surface area (Å²) < 4.78 is 0. The average Bonchev–Trinajstić information content (AvgIpc) is 2.29. The van der Waals surface area contributed by atoms with E-state index in [1.54, 1.807) is 24.3 Å². The first-order chi connectivity index (χ1) is 7.29. The molecule has 0 heterocycles. The molecule has 1 rings (SSSR count). The number of benzene rings is 1. The number of nitriles is 1. The number of halogens is 1. The summed E-state index contributed by atoms with van der Waals surface area (Å²) >= 11 is 5.53. The highest BCUT2D eigenvalue weighted by Gasteiger charge is 2.09. The van der Waals surface area contributed by atoms with E-state index in [1.807, 2.05) is 6.07 Å². The van der Waals surface area contributed by atoms with Gasteiger partial charge in [-0.05, 0) is 18.9 Å². The van der Waals surface area contributed by atoms with Crippen LogP contribution in [0, 0.1) is 11.3 Å². The third kappa shape index (κ3) is 3.38. The van der Waals surface area contributed by atoms with Crippen LogP contribution in [0.4, 0.5) is 0 Å². The van der Waals surface area contributed by atoms with Crippen molar-refractivity contribution in [3.8, 4) is 6.07 Å². The minimum Gasteiger partial charge on any atom is -0.294 e. The van der Waals surface area contributed by atoms with Gasteiger partial charge in [0.25, 0.3) is 0 Å². The van der Waals surface area contributed by atoms with Gasteiger partial charge in [-0.15, -0.1) is 11.6 Å². The van der Waals surface area contributed by atoms with Crippen LogP contribution < -0.4 is 0 Å². The van der Waals surface area contributed by atoms with E-state index in [4.69, 9.17) is 16.9 Å². The first-order valence-electron chi connectivity index (χ1n) is 4.88. The molecule has 15 heavy (non-hydrogen) atoms. The van der Waals surface area contributed by atoms with Gasteiger partial charge < -0.3 is 0 Å². The van der Waals surface area contributed by atoms with E-state index in [0.29, 0.717) is 23.4 Å². The molecule has 0 unspecified atom stereocenters. The van der Waals surface area contributed by atoms with E-state index in [-0.39, 0.29) is 5.78 Å². The van der Waals surface area contributed by atoms with Gasteiger partial charge >= 0.3 is 0 Å². The molecule has 0 amide bonds. The fourth-order valence-corrected chi connectivity index (χ4v) is 1.53. The normalized spacial score (nSPS) is 9.60. The van der Waals surface area contributed by atoms with E-state index in [9.17, 15) is 4.79 Å². The van der Waals surface area contributed by atoms with Crippen LogP contribution in [0.1, 0.15) is 35.2 Å². The number of carbonyl (C=O) groups excluding carboxylic acids is 1. The average molecular weight is 222 g/mol. The number of hydrogen-bond acceptors (Lipinski definition) is 2. The number of hydrogen-bond donors (Lipinski definition) is 0. The maximum Gasteiger partial charge on any atom is 0.164 e. The number of alkyl halides is 1. The van der Waals surface area contributed by atoms with Crippen molar-refractivity contribution in [1.82, 2.24) is 0 Å². The molecule has 0 saturated heterocycles. The number of nitrogens with zero attached hydrogens (tertiary/aromatic N) is 1. The third-order valence-electron chi connectivity index (χ3n) is 2.14. The van der Waals surface area contributed by atoms with Crippen molar-refractivity contribution in [3.63, 3.8) is 0 Å². The summed E-state index contributed by atoms with van der Waals surface area (Å²) in [6.45, 7) is 0. The minimum absolute atomic E-state index is 0.0252. The van der Waals surface area contributed by atoms with E-state index >= 15 is 0 Å². The third-order valence-corrected chi connectivity index (χ3v) is 2.40. The molecule has 0 atom stereocenters. The van der Waals surface area contributed by atoms with Crippen LogP contribution >= 0.6 is 11.6 Å². The second-order valence-corrected chi connectivity index (χ2v) is 3.60. The van der Waals surface area contributed by atoms with Crippen LogP contribution in [0.3, 0.4) is 0 Å². The Bertz CT molecular complexity index is 381. The number of rotatable bonds is 5. The zero-order valence-corrected chi connectivity index (χ0v) is 9.13. The standard InChI is InChI=1S/C12H12ClNO/c13-8-4-3-7-12(15)11-6-2-1-5-10(11)9-14/h1-2,5-6H,3-4,7-8H2. The molecule has 0 aliphatic rings. The van der Waals surface area contributed by atoms with E-state index in [1.165, 1.54) is 0 Å². The van der Waals surface area contributed by atoms with Gasteiger partial charge in [0, 0.05) is 17.9 Å². The summed E-state index contributed by atoms with van der Waals surface area (Å²) in [6, 6.07) is 8.91. The summed E-state index contributed by atoms with van der Waals surface area (Å²) in [5.41, 5.74) is 0.975. The Hall–Kier alpha value is -1.33. The van der Waals surface area contributed by atoms with Crippen molar-refractivity contribution < 1.29 is 4.79 Å². The van der Waals surface area contributed by atoms with Gasteiger partial charge in [0.1, 0.15) is 0 Å². The summed E-state index contributed by atoms with van der Waals surface area (Å²) in [5, 5.41) is 8.82. The maximum atomic E-state index is 11.7. The second-order valence-electron chi connectivity index (χ2n) is 3.23. The molecule has 0 bridgehead atoms. The van der Waals surface area contributed by atoms with Crippen LogP contribution in [0.25, 0.3) is 0 Å². The van der Waals surface area contributed by atoms with Crippen molar-refractivity contribution in [2.45, 2.75) is 19.3 Å². The van der Waals surface area contributed by atoms with E-state index in [2.05, 4.69) is 0 Å². The molecular formula is C12H12ClNO. The van der Waals surface area contributed by atoms with Gasteiger partial charge in [-0.2, -0.15) is 5.26 Å². The van der Waals surface area contributed by atoms with Crippen molar-refractivity contribution >= 4 is 17.4 Å². The van der Waals surface area contributed by atoms with Gasteiger partial charge in [-0.3, -0.25) is 4.79 Å². The molecule has 2 nitrogen and oxygen atoms in total. The van der Waals surface area contributed by atoms with Gasteiger partial charge in [0.15, 0.2) is 5.78 Å². The van der Waals surface area contributed by atoms with Crippen LogP contribution in [-0.2, 0) is 0 Å². The largest absolute Gasteiger partial charge is 0.294 e. The predicted molar refractivity (Wildman–Crippen MR) is 60.1 cm³/mol. The van der Waals surface area contributed by atoms with Crippen molar-refractivity contribution in [1.29, 1.82) is 5.26 Å². The lowest BCUT2D eigenvalue weighted by molar-refractivity contribution is 0.0979. The van der Waals surface area contributed by atoms with Gasteiger partial charge in [0.2, 0.25) is 0 Å². The Morgan fingerprint density at radius 1 is 1.33 bits per heavy atom. The molecule has 0 N–H and O–H groups in total. The highest BCUT2D eigenvalue weighted by atomic mass is 35.5. The van der Waals surface area contributed by atoms with E-state index in [0.717, 1.165) is 12.8 Å². The zero-order valence-electron chi connectivity index (χ0n) is 8.37. The van der Waals surface area contributed by atoms with Gasteiger partial charge in [0.05, 0.1) is 11.6 Å². The molecule has 0 aliphatic carbocycles. The maximum absolute atomic E-state index is 11.7. The monoisotopic (exact) mass is 221 g/mol. The lowest BCUT2D eigenvalue weighted by Gasteiger charge is -2.01. The molecule has 0 spiro atoms. The highest BCUT2D eigenvalue weighted by molar-refractivity contribution is 6.17. The van der Waals surface area contributed by atoms with Crippen molar-refractivity contribution in [2.75, 3.05) is 5.88 Å². The fourth-order valence-electron chi connectivity index (χ4n) is 1.34. The van der Waals surface area contributed by atoms with Crippen molar-refractivity contribution in [2.24, 2.45) is 0 Å². The highest BCUT2D eigenvalue weighted by Crippen LogP contribution is 2.12. The molecule has 0 saturated carbocycles. The molecule has 0 aliphatic heterocycles. The molecule has 0 fully saturated rings. The first-order valence-corrected chi connectivity index (χ1v) is 5.41. The molecule has 1 aromatic rings. The second kappa shape index (κ2) is 6.21. The van der Waals surface area contributed by atoms with Crippen LogP contribution in [0.15, 0.2) is 24.3 Å². The molecular weight excluding hydrogens is 210 g/mol. The Balaban J connectivity index is 2.70. The smallest absolute Gasteiger partial charge is 0.164 e. The first kappa shape index (κ1) is 11.7. The summed E-state index contributed by atoms with van der Waals surface area (Å²) in [4.78, 5) is 11.7. The van der Waals surface area contributed by atoms with Crippen molar-refractivity contribution in [3.05, 3.63) is 35.4 Å². The van der Waals surface area contributed by atoms with Crippen LogP contribution in [0.2, 0.25) is 0 Å². The minimum atomic E-state index is 0.0252. The number of carbonyl (C=O) groups is 1. The Morgan fingerprint density at radius 2 is 2.07 bits per heavy atom. The quantitative estimate of drug-likeness (QED) is 0.435. The van der Waals surface area contributed by atoms with Gasteiger partial charge in [-0.25, -0.2) is 0 Å². The molecule has 1 aromatic carbocycles. The Kier molecular flexibility index (Phi) is 4.86. The summed E-state index contributed by atoms with van der Waals surface area (Å²) in [5.74, 6) is 0.602. The van der Waals surface area contributed by atoms with E-state index < -0.39 is 0 Å². The SMILES string of the molecule is N#Cc1ccccc1C(=O)CCCCCl. The lowest BCUT2D eigenvalue weighted by Crippen LogP contribution is -2.01. The number of Topliss-reactive ketones (excluding diaryl/α,β-unsaturated/α-hetero) is 1. The zero-order chi connectivity index (χ0) is 11.1. The molecule has 78 valence electrons.